The van der Waals surface area contributed by atoms with Gasteiger partial charge in [-0.15, -0.1) is 5.11 Å². The van der Waals surface area contributed by atoms with E-state index >= 15 is 0 Å². The van der Waals surface area contributed by atoms with Crippen LogP contribution < -0.4 is 0 Å². The predicted molar refractivity (Wildman–Crippen MR) is 56.8 cm³/mol. The molecule has 0 radical (unpaired) electrons. The third-order valence-electron chi connectivity index (χ3n) is 1.72. The van der Waals surface area contributed by atoms with E-state index in [9.17, 15) is 4.79 Å². The first-order chi connectivity index (χ1) is 6.93. The summed E-state index contributed by atoms with van der Waals surface area (Å²) < 4.78 is 9.74. The number of nitrogens with zero attached hydrogens (tertiary/aromatic N) is 2. The predicted octanol–water partition coefficient (Wildman–Crippen LogP) is 3.15. The molecule has 0 N–H and O–H groups in total. The Morgan fingerprint density at radius 1 is 1.40 bits per heavy atom. The fourth-order valence-corrected chi connectivity index (χ4v) is 0.728. The number of rotatable bonds is 5. The summed E-state index contributed by atoms with van der Waals surface area (Å²) in [5, 5.41) is 7.97. The molecule has 0 aliphatic rings. The molecule has 1 atom stereocenters. The summed E-state index contributed by atoms with van der Waals surface area (Å²) in [7, 11) is 0. The molecule has 0 fully saturated rings. The van der Waals surface area contributed by atoms with Crippen LogP contribution in [0.5, 0.6) is 0 Å². The van der Waals surface area contributed by atoms with Crippen LogP contribution in [0.25, 0.3) is 0 Å². The Hall–Kier alpha value is -1.13. The highest BCUT2D eigenvalue weighted by molar-refractivity contribution is 5.60. The minimum atomic E-state index is -0.920. The molecular formula is C10H20N2O3. The Morgan fingerprint density at radius 3 is 2.40 bits per heavy atom. The van der Waals surface area contributed by atoms with Crippen LogP contribution in [0.2, 0.25) is 0 Å². The first-order valence-electron chi connectivity index (χ1n) is 5.21. The van der Waals surface area contributed by atoms with E-state index in [1.807, 2.05) is 20.8 Å². The van der Waals surface area contributed by atoms with Crippen molar-refractivity contribution in [3.63, 3.8) is 0 Å². The van der Waals surface area contributed by atoms with Crippen LogP contribution in [-0.2, 0) is 9.47 Å². The SMILES string of the molecule is CCOC(=O)OC(C)(CC)N=NC(C)C. The van der Waals surface area contributed by atoms with Gasteiger partial charge in [0.15, 0.2) is 0 Å². The van der Waals surface area contributed by atoms with Gasteiger partial charge < -0.3 is 9.47 Å². The minimum absolute atomic E-state index is 0.0849. The van der Waals surface area contributed by atoms with Crippen molar-refractivity contribution >= 4 is 6.16 Å². The molecule has 0 aromatic rings. The Bertz CT molecular complexity index is 229. The maximum absolute atomic E-state index is 11.1. The number of hydrogen-bond donors (Lipinski definition) is 0. The Kier molecular flexibility index (Phi) is 5.89. The van der Waals surface area contributed by atoms with Gasteiger partial charge in [-0.05, 0) is 27.7 Å². The monoisotopic (exact) mass is 216 g/mol. The molecule has 1 unspecified atom stereocenters. The number of ether oxygens (including phenoxy) is 2. The maximum Gasteiger partial charge on any atom is 0.510 e. The third-order valence-corrected chi connectivity index (χ3v) is 1.72. The van der Waals surface area contributed by atoms with Crippen LogP contribution in [0.1, 0.15) is 41.0 Å². The standard InChI is InChI=1S/C10H20N2O3/c1-6-10(5,12-11-8(3)4)15-9(13)14-7-2/h8H,6-7H2,1-5H3. The highest BCUT2D eigenvalue weighted by atomic mass is 16.7. The van der Waals surface area contributed by atoms with Gasteiger partial charge in [0.1, 0.15) is 0 Å². The smallest absolute Gasteiger partial charge is 0.435 e. The third kappa shape index (κ3) is 6.04. The molecule has 0 aromatic heterocycles. The van der Waals surface area contributed by atoms with Gasteiger partial charge in [0.2, 0.25) is 5.72 Å². The molecule has 0 spiro atoms. The molecule has 0 aromatic carbocycles. The number of carbonyl (C=O) groups is 1. The summed E-state index contributed by atoms with van der Waals surface area (Å²) in [5.74, 6) is 0. The zero-order valence-electron chi connectivity index (χ0n) is 10.1. The maximum atomic E-state index is 11.1. The molecule has 0 aliphatic carbocycles. The summed E-state index contributed by atoms with van der Waals surface area (Å²) >= 11 is 0. The average molecular weight is 216 g/mol. The number of azo groups is 1. The quantitative estimate of drug-likeness (QED) is 0.524. The van der Waals surface area contributed by atoms with Gasteiger partial charge in [0.05, 0.1) is 12.6 Å². The van der Waals surface area contributed by atoms with Gasteiger partial charge in [-0.25, -0.2) is 4.79 Å². The topological polar surface area (TPSA) is 60.2 Å². The van der Waals surface area contributed by atoms with Gasteiger partial charge in [-0.1, -0.05) is 6.92 Å². The highest BCUT2D eigenvalue weighted by Gasteiger charge is 2.27. The lowest BCUT2D eigenvalue weighted by atomic mass is 10.2. The van der Waals surface area contributed by atoms with E-state index in [-0.39, 0.29) is 6.04 Å². The van der Waals surface area contributed by atoms with E-state index in [4.69, 9.17) is 4.74 Å². The molecule has 0 amide bonds. The second-order valence-electron chi connectivity index (χ2n) is 3.62. The minimum Gasteiger partial charge on any atom is -0.435 e. The molecule has 15 heavy (non-hydrogen) atoms. The number of carbonyl (C=O) groups excluding carboxylic acids is 1. The van der Waals surface area contributed by atoms with Crippen molar-refractivity contribution in [1.29, 1.82) is 0 Å². The highest BCUT2D eigenvalue weighted by Crippen LogP contribution is 2.19. The Morgan fingerprint density at radius 2 is 2.00 bits per heavy atom. The fraction of sp³-hybridized carbons (Fsp3) is 0.900. The summed E-state index contributed by atoms with van der Waals surface area (Å²) in [6, 6.07) is 0.0849. The van der Waals surface area contributed by atoms with Gasteiger partial charge in [-0.3, -0.25) is 0 Å². The first kappa shape index (κ1) is 13.9. The largest absolute Gasteiger partial charge is 0.510 e. The molecule has 0 bridgehead atoms. The van der Waals surface area contributed by atoms with E-state index in [0.29, 0.717) is 13.0 Å². The normalized spacial score (nSPS) is 15.3. The van der Waals surface area contributed by atoms with Crippen LogP contribution in [0.3, 0.4) is 0 Å². The summed E-state index contributed by atoms with van der Waals surface area (Å²) in [6.07, 6.45) is -0.147. The molecule has 0 heterocycles. The Labute approximate surface area is 90.9 Å². The molecular weight excluding hydrogens is 196 g/mol. The van der Waals surface area contributed by atoms with Crippen LogP contribution in [-0.4, -0.2) is 24.5 Å². The summed E-state index contributed by atoms with van der Waals surface area (Å²) in [6.45, 7) is 9.41. The van der Waals surface area contributed by atoms with Gasteiger partial charge in [0, 0.05) is 6.42 Å². The molecule has 88 valence electrons. The molecule has 0 rings (SSSR count). The molecule has 0 aliphatic heterocycles. The summed E-state index contributed by atoms with van der Waals surface area (Å²) in [4.78, 5) is 11.1. The van der Waals surface area contributed by atoms with Crippen molar-refractivity contribution in [2.24, 2.45) is 10.2 Å². The van der Waals surface area contributed by atoms with Crippen molar-refractivity contribution in [3.05, 3.63) is 0 Å². The zero-order chi connectivity index (χ0) is 11.9. The molecule has 5 nitrogen and oxygen atoms in total. The van der Waals surface area contributed by atoms with Crippen LogP contribution in [0.15, 0.2) is 10.2 Å². The van der Waals surface area contributed by atoms with Crippen molar-refractivity contribution in [2.45, 2.75) is 52.8 Å². The van der Waals surface area contributed by atoms with E-state index in [0.717, 1.165) is 0 Å². The van der Waals surface area contributed by atoms with Crippen LogP contribution >= 0.6 is 0 Å². The lowest BCUT2D eigenvalue weighted by molar-refractivity contribution is -0.0257. The van der Waals surface area contributed by atoms with Crippen molar-refractivity contribution < 1.29 is 14.3 Å². The molecule has 0 saturated carbocycles. The molecule has 0 saturated heterocycles. The zero-order valence-corrected chi connectivity index (χ0v) is 10.1. The fourth-order valence-electron chi connectivity index (χ4n) is 0.728. The average Bonchev–Trinajstić information content (AvgIpc) is 2.15. The van der Waals surface area contributed by atoms with Crippen molar-refractivity contribution in [2.75, 3.05) is 6.61 Å². The number of hydrogen-bond acceptors (Lipinski definition) is 5. The second-order valence-corrected chi connectivity index (χ2v) is 3.62. The first-order valence-corrected chi connectivity index (χ1v) is 5.21. The van der Waals surface area contributed by atoms with E-state index in [2.05, 4.69) is 15.0 Å². The van der Waals surface area contributed by atoms with E-state index < -0.39 is 11.9 Å². The van der Waals surface area contributed by atoms with E-state index in [1.165, 1.54) is 0 Å². The second kappa shape index (κ2) is 6.37. The summed E-state index contributed by atoms with van der Waals surface area (Å²) in [5.41, 5.74) is -0.920. The van der Waals surface area contributed by atoms with E-state index in [1.54, 1.807) is 13.8 Å². The molecule has 5 heteroatoms. The lowest BCUT2D eigenvalue weighted by Crippen LogP contribution is -2.29. The van der Waals surface area contributed by atoms with Gasteiger partial charge in [-0.2, -0.15) is 5.11 Å². The van der Waals surface area contributed by atoms with Gasteiger partial charge in [0.25, 0.3) is 0 Å². The van der Waals surface area contributed by atoms with Crippen LogP contribution in [0, 0.1) is 0 Å². The van der Waals surface area contributed by atoms with Crippen molar-refractivity contribution in [3.8, 4) is 0 Å². The Balaban J connectivity index is 4.36. The van der Waals surface area contributed by atoms with Crippen molar-refractivity contribution in [1.82, 2.24) is 0 Å². The van der Waals surface area contributed by atoms with Gasteiger partial charge >= 0.3 is 6.16 Å². The lowest BCUT2D eigenvalue weighted by Gasteiger charge is -2.21. The van der Waals surface area contributed by atoms with Crippen LogP contribution in [0.4, 0.5) is 4.79 Å².